The van der Waals surface area contributed by atoms with E-state index in [0.29, 0.717) is 11.1 Å². The van der Waals surface area contributed by atoms with E-state index in [0.717, 1.165) is 24.3 Å². The molecule has 0 heterocycles. The average Bonchev–Trinajstić information content (AvgIpc) is 3.17. The lowest BCUT2D eigenvalue weighted by atomic mass is 9.97. The highest BCUT2D eigenvalue weighted by Gasteiger charge is 2.22. The summed E-state index contributed by atoms with van der Waals surface area (Å²) in [4.78, 5) is 46.6. The van der Waals surface area contributed by atoms with Gasteiger partial charge in [0.1, 0.15) is 0 Å². The molecule has 0 bridgehead atoms. The summed E-state index contributed by atoms with van der Waals surface area (Å²) in [7, 11) is 5.10. The van der Waals surface area contributed by atoms with E-state index < -0.39 is 46.9 Å². The van der Waals surface area contributed by atoms with Crippen molar-refractivity contribution < 1.29 is 78.2 Å². The molecule has 0 aliphatic heterocycles. The van der Waals surface area contributed by atoms with Gasteiger partial charge in [0, 0.05) is 23.3 Å². The summed E-state index contributed by atoms with van der Waals surface area (Å²) < 4.78 is 32.7. The van der Waals surface area contributed by atoms with Crippen LogP contribution in [-0.2, 0) is 19.2 Å². The van der Waals surface area contributed by atoms with Crippen LogP contribution in [0.5, 0.6) is 46.0 Å². The SMILES string of the molecule is COc1cc(/C=C/C(=O)O)ccc1O/C(=C\c1cc(OC)c(O)c(-c2cc(/C=C(\Oc3ccc(/C=C/C(=O)O)cc3OC)C(=O)O)cc(OC)c2O)c1)C(=O)O. The van der Waals surface area contributed by atoms with E-state index >= 15 is 0 Å². The number of ether oxygens (including phenoxy) is 6. The minimum Gasteiger partial charge on any atom is -0.504 e. The van der Waals surface area contributed by atoms with Crippen LogP contribution in [0.1, 0.15) is 22.3 Å². The quantitative estimate of drug-likeness (QED) is 0.0532. The van der Waals surface area contributed by atoms with E-state index in [9.17, 15) is 39.6 Å². The molecule has 0 radical (unpaired) electrons. The third-order valence-corrected chi connectivity index (χ3v) is 7.59. The molecule has 0 aromatic heterocycles. The number of aliphatic carboxylic acids is 4. The predicted octanol–water partition coefficient (Wildman–Crippen LogP) is 6.00. The van der Waals surface area contributed by atoms with Crippen LogP contribution in [0.15, 0.2) is 84.3 Å². The van der Waals surface area contributed by atoms with Crippen molar-refractivity contribution in [3.05, 3.63) is 107 Å². The summed E-state index contributed by atoms with van der Waals surface area (Å²) in [5, 5.41) is 60.4. The first-order valence-electron chi connectivity index (χ1n) is 15.9. The number of phenolic OH excluding ortho intramolecular Hbond substituents is 2. The minimum absolute atomic E-state index is 0.0264. The maximum atomic E-state index is 12.4. The first kappa shape index (κ1) is 40.9. The second-order valence-corrected chi connectivity index (χ2v) is 11.2. The molecular formula is C40H34O16. The van der Waals surface area contributed by atoms with Crippen molar-refractivity contribution in [3.8, 4) is 57.1 Å². The van der Waals surface area contributed by atoms with Gasteiger partial charge in [0.05, 0.1) is 28.4 Å². The number of phenols is 2. The molecule has 290 valence electrons. The zero-order valence-electron chi connectivity index (χ0n) is 30.0. The van der Waals surface area contributed by atoms with Gasteiger partial charge in [0.15, 0.2) is 46.0 Å². The van der Waals surface area contributed by atoms with Crippen molar-refractivity contribution in [1.82, 2.24) is 0 Å². The van der Waals surface area contributed by atoms with E-state index in [1.807, 2.05) is 0 Å². The van der Waals surface area contributed by atoms with Crippen molar-refractivity contribution in [3.63, 3.8) is 0 Å². The topological polar surface area (TPSA) is 245 Å². The number of hydrogen-bond acceptors (Lipinski definition) is 12. The molecule has 0 spiro atoms. The molecule has 0 aliphatic carbocycles. The second-order valence-electron chi connectivity index (χ2n) is 11.2. The first-order valence-corrected chi connectivity index (χ1v) is 15.9. The molecule has 0 unspecified atom stereocenters. The van der Waals surface area contributed by atoms with Gasteiger partial charge in [-0.05, 0) is 95.1 Å². The van der Waals surface area contributed by atoms with Crippen molar-refractivity contribution >= 4 is 48.2 Å². The van der Waals surface area contributed by atoms with Crippen LogP contribution in [0.3, 0.4) is 0 Å². The Morgan fingerprint density at radius 3 is 1.11 bits per heavy atom. The largest absolute Gasteiger partial charge is 0.504 e. The molecule has 4 aromatic rings. The molecule has 56 heavy (non-hydrogen) atoms. The number of rotatable bonds is 17. The Kier molecular flexibility index (Phi) is 13.3. The summed E-state index contributed by atoms with van der Waals surface area (Å²) in [5.74, 6) is -7.71. The maximum Gasteiger partial charge on any atom is 0.371 e. The van der Waals surface area contributed by atoms with Crippen molar-refractivity contribution in [2.24, 2.45) is 0 Å². The van der Waals surface area contributed by atoms with Crippen LogP contribution >= 0.6 is 0 Å². The number of carboxylic acids is 4. The number of carbonyl (C=O) groups is 4. The van der Waals surface area contributed by atoms with E-state index in [4.69, 9.17) is 38.6 Å². The number of carboxylic acid groups (broad SMARTS) is 4. The van der Waals surface area contributed by atoms with Gasteiger partial charge in [0.2, 0.25) is 11.5 Å². The molecule has 0 saturated heterocycles. The van der Waals surface area contributed by atoms with Crippen molar-refractivity contribution in [1.29, 1.82) is 0 Å². The fourth-order valence-corrected chi connectivity index (χ4v) is 5.04. The Morgan fingerprint density at radius 1 is 0.464 bits per heavy atom. The molecule has 0 amide bonds. The fourth-order valence-electron chi connectivity index (χ4n) is 5.04. The highest BCUT2D eigenvalue weighted by Crippen LogP contribution is 2.46. The Labute approximate surface area is 318 Å². The number of hydrogen-bond donors (Lipinski definition) is 6. The lowest BCUT2D eigenvalue weighted by Crippen LogP contribution is -2.08. The minimum atomic E-state index is -1.50. The Hall–Kier alpha value is -7.88. The van der Waals surface area contributed by atoms with Crippen molar-refractivity contribution in [2.45, 2.75) is 0 Å². The van der Waals surface area contributed by atoms with Crippen molar-refractivity contribution in [2.75, 3.05) is 28.4 Å². The molecule has 4 rings (SSSR count). The monoisotopic (exact) mass is 770 g/mol. The molecule has 0 fully saturated rings. The number of benzene rings is 4. The summed E-state index contributed by atoms with van der Waals surface area (Å²) in [6, 6.07) is 13.8. The molecule has 0 aliphatic rings. The summed E-state index contributed by atoms with van der Waals surface area (Å²) in [6.07, 6.45) is 6.65. The smallest absolute Gasteiger partial charge is 0.371 e. The highest BCUT2D eigenvalue weighted by molar-refractivity contribution is 5.93. The zero-order chi connectivity index (χ0) is 41.1. The van der Waals surface area contributed by atoms with Crippen LogP contribution in [0.4, 0.5) is 0 Å². The highest BCUT2D eigenvalue weighted by atomic mass is 16.5. The molecular weight excluding hydrogens is 736 g/mol. The Balaban J connectivity index is 1.81. The average molecular weight is 771 g/mol. The predicted molar refractivity (Wildman–Crippen MR) is 200 cm³/mol. The summed E-state index contributed by atoms with van der Waals surface area (Å²) >= 11 is 0. The van der Waals surface area contributed by atoms with E-state index in [1.54, 1.807) is 0 Å². The Morgan fingerprint density at radius 2 is 0.804 bits per heavy atom. The van der Waals surface area contributed by atoms with Gasteiger partial charge in [-0.1, -0.05) is 12.1 Å². The fraction of sp³-hybridized carbons (Fsp3) is 0.100. The van der Waals surface area contributed by atoms with Crippen LogP contribution in [0.2, 0.25) is 0 Å². The zero-order valence-corrected chi connectivity index (χ0v) is 30.0. The number of methoxy groups -OCH3 is 4. The maximum absolute atomic E-state index is 12.4. The first-order chi connectivity index (χ1) is 26.7. The summed E-state index contributed by atoms with van der Waals surface area (Å²) in [5.41, 5.74) is 0.886. The molecule has 16 nitrogen and oxygen atoms in total. The van der Waals surface area contributed by atoms with E-state index in [-0.39, 0.29) is 56.8 Å². The molecule has 6 N–H and O–H groups in total. The lowest BCUT2D eigenvalue weighted by molar-refractivity contribution is -0.135. The third kappa shape index (κ3) is 10.2. The number of aromatic hydroxyl groups is 2. The van der Waals surface area contributed by atoms with Gasteiger partial charge >= 0.3 is 23.9 Å². The van der Waals surface area contributed by atoms with Gasteiger partial charge in [-0.2, -0.15) is 0 Å². The molecule has 0 saturated carbocycles. The summed E-state index contributed by atoms with van der Waals surface area (Å²) in [6.45, 7) is 0. The standard InChI is InChI=1S/C40H34O16/c1-51-29-15-21(7-11-35(41)42)5-9-27(29)55-33(39(47)48)19-23-13-25(37(45)31(17-23)53-3)26-14-24(18-32(54-4)38(26)46)20-34(40(49)50)56-28-10-6-22(8-12-36(43)44)16-30(28)52-2/h5-20,45-46H,1-4H3,(H,41,42)(H,43,44)(H,47,48)(H,49,50)/b11-7+,12-8+,33-19-,34-20-. The van der Waals surface area contributed by atoms with Crippen LogP contribution in [0, 0.1) is 0 Å². The van der Waals surface area contributed by atoms with Gasteiger partial charge in [-0.15, -0.1) is 0 Å². The molecule has 4 aromatic carbocycles. The van der Waals surface area contributed by atoms with Crippen LogP contribution < -0.4 is 28.4 Å². The van der Waals surface area contributed by atoms with E-state index in [1.165, 1.54) is 101 Å². The molecule has 16 heteroatoms. The van der Waals surface area contributed by atoms with E-state index in [2.05, 4.69) is 0 Å². The van der Waals surface area contributed by atoms with Crippen LogP contribution in [0.25, 0.3) is 35.4 Å². The Bertz CT molecular complexity index is 2140. The normalized spacial score (nSPS) is 11.6. The van der Waals surface area contributed by atoms with Gasteiger partial charge < -0.3 is 59.1 Å². The van der Waals surface area contributed by atoms with Gasteiger partial charge in [0.25, 0.3) is 0 Å². The van der Waals surface area contributed by atoms with Gasteiger partial charge in [-0.25, -0.2) is 19.2 Å². The lowest BCUT2D eigenvalue weighted by Gasteiger charge is -2.16. The molecule has 0 atom stereocenters. The van der Waals surface area contributed by atoms with Crippen LogP contribution in [-0.4, -0.2) is 83.0 Å². The third-order valence-electron chi connectivity index (χ3n) is 7.59. The second kappa shape index (κ2) is 18.2. The van der Waals surface area contributed by atoms with Gasteiger partial charge in [-0.3, -0.25) is 0 Å².